The number of anilines is 1. The van der Waals surface area contributed by atoms with Crippen molar-refractivity contribution < 1.29 is 17.5 Å². The number of halogens is 1. The molecule has 1 N–H and O–H groups in total. The van der Waals surface area contributed by atoms with Crippen molar-refractivity contribution in [2.75, 3.05) is 38.1 Å². The van der Waals surface area contributed by atoms with E-state index in [0.717, 1.165) is 17.8 Å². The number of nitrogens with one attached hydrogen (secondary N) is 1. The number of nitrogens with zero attached hydrogens (tertiary/aromatic N) is 2. The highest BCUT2D eigenvalue weighted by Crippen LogP contribution is 2.24. The van der Waals surface area contributed by atoms with E-state index in [-0.39, 0.29) is 4.90 Å². The second-order valence-electron chi connectivity index (χ2n) is 6.20. The lowest BCUT2D eigenvalue weighted by molar-refractivity contribution is 0.268. The van der Waals surface area contributed by atoms with Crippen LogP contribution in [0.15, 0.2) is 53.4 Å². The van der Waals surface area contributed by atoms with Gasteiger partial charge in [-0.25, -0.2) is 12.8 Å². The van der Waals surface area contributed by atoms with Gasteiger partial charge in [-0.3, -0.25) is 0 Å². The van der Waals surface area contributed by atoms with Gasteiger partial charge in [0.15, 0.2) is 5.11 Å². The van der Waals surface area contributed by atoms with Crippen LogP contribution >= 0.6 is 12.2 Å². The normalized spacial score (nSPS) is 15.3. The fraction of sp³-hybridized carbons (Fsp3) is 0.316. The molecular formula is C19H22FN3O3S2. The fourth-order valence-electron chi connectivity index (χ4n) is 2.93. The average molecular weight is 424 g/mol. The lowest BCUT2D eigenvalue weighted by atomic mass is 10.3. The van der Waals surface area contributed by atoms with Gasteiger partial charge in [-0.2, -0.15) is 4.31 Å². The van der Waals surface area contributed by atoms with Gasteiger partial charge in [-0.1, -0.05) is 12.1 Å². The lowest BCUT2D eigenvalue weighted by Crippen LogP contribution is -2.51. The maximum Gasteiger partial charge on any atom is 0.243 e. The molecule has 2 aromatic carbocycles. The lowest BCUT2D eigenvalue weighted by Gasteiger charge is -2.35. The molecule has 9 heteroatoms. The van der Waals surface area contributed by atoms with Crippen LogP contribution in [0.3, 0.4) is 0 Å². The van der Waals surface area contributed by atoms with Gasteiger partial charge in [0.2, 0.25) is 10.0 Å². The molecule has 0 atom stereocenters. The monoisotopic (exact) mass is 423 g/mol. The number of para-hydroxylation sites is 2. The first-order chi connectivity index (χ1) is 13.4. The van der Waals surface area contributed by atoms with Crippen LogP contribution in [-0.4, -0.2) is 55.5 Å². The second-order valence-corrected chi connectivity index (χ2v) is 8.53. The molecular weight excluding hydrogens is 401 g/mol. The molecule has 0 amide bonds. The minimum absolute atomic E-state index is 0.0914. The number of ether oxygens (including phenoxy) is 1. The number of piperazine rings is 1. The largest absolute Gasteiger partial charge is 0.492 e. The summed E-state index contributed by atoms with van der Waals surface area (Å²) in [7, 11) is -3.64. The predicted octanol–water partition coefficient (Wildman–Crippen LogP) is 2.93. The quantitative estimate of drug-likeness (QED) is 0.747. The Bertz CT molecular complexity index is 928. The summed E-state index contributed by atoms with van der Waals surface area (Å²) in [5.74, 6) is 0.248. The summed E-state index contributed by atoms with van der Waals surface area (Å²) in [6.45, 7) is 3.98. The van der Waals surface area contributed by atoms with Gasteiger partial charge in [0, 0.05) is 26.2 Å². The Kier molecular flexibility index (Phi) is 6.48. The summed E-state index contributed by atoms with van der Waals surface area (Å²) in [6, 6.07) is 12.4. The van der Waals surface area contributed by atoms with Crippen LogP contribution in [0.4, 0.5) is 10.1 Å². The molecule has 1 saturated heterocycles. The van der Waals surface area contributed by atoms with Gasteiger partial charge in [-0.15, -0.1) is 0 Å². The van der Waals surface area contributed by atoms with Crippen molar-refractivity contribution >= 4 is 33.0 Å². The Balaban J connectivity index is 1.62. The first-order valence-electron chi connectivity index (χ1n) is 8.95. The van der Waals surface area contributed by atoms with Crippen LogP contribution in [0, 0.1) is 5.82 Å². The summed E-state index contributed by atoms with van der Waals surface area (Å²) in [5, 5.41) is 3.70. The Morgan fingerprint density at radius 2 is 1.75 bits per heavy atom. The minimum Gasteiger partial charge on any atom is -0.492 e. The van der Waals surface area contributed by atoms with E-state index in [0.29, 0.717) is 43.6 Å². The molecule has 6 nitrogen and oxygen atoms in total. The Labute approximate surface area is 170 Å². The molecule has 1 heterocycles. The van der Waals surface area contributed by atoms with Crippen molar-refractivity contribution in [1.29, 1.82) is 0 Å². The van der Waals surface area contributed by atoms with Crippen LogP contribution in [0.25, 0.3) is 0 Å². The number of thiocarbonyl (C=S) groups is 1. The zero-order chi connectivity index (χ0) is 20.1. The fourth-order valence-corrected chi connectivity index (χ4v) is 4.65. The molecule has 0 saturated carbocycles. The number of rotatable bonds is 5. The van der Waals surface area contributed by atoms with Crippen LogP contribution in [0.2, 0.25) is 0 Å². The molecule has 0 bridgehead atoms. The van der Waals surface area contributed by atoms with E-state index in [2.05, 4.69) is 5.32 Å². The first-order valence-corrected chi connectivity index (χ1v) is 10.8. The summed E-state index contributed by atoms with van der Waals surface area (Å²) in [4.78, 5) is 2.02. The Hall–Kier alpha value is -2.23. The van der Waals surface area contributed by atoms with E-state index in [9.17, 15) is 12.8 Å². The molecule has 0 unspecified atom stereocenters. The third-order valence-corrected chi connectivity index (χ3v) is 6.68. The van der Waals surface area contributed by atoms with Crippen molar-refractivity contribution in [2.45, 2.75) is 11.8 Å². The van der Waals surface area contributed by atoms with Gasteiger partial charge < -0.3 is 15.0 Å². The summed E-state index contributed by atoms with van der Waals surface area (Å²) >= 11 is 5.49. The highest BCUT2D eigenvalue weighted by Gasteiger charge is 2.29. The van der Waals surface area contributed by atoms with E-state index >= 15 is 0 Å². The van der Waals surface area contributed by atoms with Crippen LogP contribution in [0.5, 0.6) is 5.75 Å². The molecule has 0 radical (unpaired) electrons. The van der Waals surface area contributed by atoms with Crippen LogP contribution < -0.4 is 10.1 Å². The third-order valence-electron chi connectivity index (χ3n) is 4.41. The van der Waals surface area contributed by atoms with E-state index in [4.69, 9.17) is 17.0 Å². The average Bonchev–Trinajstić information content (AvgIpc) is 2.70. The van der Waals surface area contributed by atoms with E-state index in [1.54, 1.807) is 0 Å². The summed E-state index contributed by atoms with van der Waals surface area (Å²) < 4.78 is 45.5. The smallest absolute Gasteiger partial charge is 0.243 e. The maximum atomic E-state index is 13.1. The van der Waals surface area contributed by atoms with Crippen molar-refractivity contribution in [3.8, 4) is 5.75 Å². The minimum atomic E-state index is -3.64. The van der Waals surface area contributed by atoms with Gasteiger partial charge >= 0.3 is 0 Å². The van der Waals surface area contributed by atoms with Crippen molar-refractivity contribution in [3.63, 3.8) is 0 Å². The first kappa shape index (κ1) is 20.5. The standard InChI is InChI=1S/C19H22FN3O3S2/c1-2-26-18-6-4-3-5-17(18)21-19(27)22-11-13-23(14-12-22)28(24,25)16-9-7-15(20)8-10-16/h3-10H,2,11-14H2,1H3,(H,21,27). The SMILES string of the molecule is CCOc1ccccc1NC(=S)N1CCN(S(=O)(=O)c2ccc(F)cc2)CC1. The molecule has 2 aromatic rings. The van der Waals surface area contributed by atoms with Crippen LogP contribution in [0.1, 0.15) is 6.92 Å². The van der Waals surface area contributed by atoms with Crippen molar-refractivity contribution in [2.24, 2.45) is 0 Å². The van der Waals surface area contributed by atoms with Crippen molar-refractivity contribution in [3.05, 3.63) is 54.3 Å². The molecule has 3 rings (SSSR count). The second kappa shape index (κ2) is 8.85. The Morgan fingerprint density at radius 1 is 1.11 bits per heavy atom. The highest BCUT2D eigenvalue weighted by atomic mass is 32.2. The number of benzene rings is 2. The number of hydrogen-bond donors (Lipinski definition) is 1. The van der Waals surface area contributed by atoms with Crippen molar-refractivity contribution in [1.82, 2.24) is 9.21 Å². The molecule has 28 heavy (non-hydrogen) atoms. The van der Waals surface area contributed by atoms with Gasteiger partial charge in [-0.05, 0) is 55.5 Å². The van der Waals surface area contributed by atoms with E-state index in [1.807, 2.05) is 36.1 Å². The summed E-state index contributed by atoms with van der Waals surface area (Å²) in [6.07, 6.45) is 0. The predicted molar refractivity (Wildman–Crippen MR) is 111 cm³/mol. The van der Waals surface area contributed by atoms with Crippen LogP contribution in [-0.2, 0) is 10.0 Å². The third kappa shape index (κ3) is 4.60. The molecule has 0 aliphatic carbocycles. The zero-order valence-electron chi connectivity index (χ0n) is 15.5. The molecule has 1 aliphatic heterocycles. The molecule has 1 aliphatic rings. The van der Waals surface area contributed by atoms with Gasteiger partial charge in [0.1, 0.15) is 11.6 Å². The zero-order valence-corrected chi connectivity index (χ0v) is 17.1. The summed E-state index contributed by atoms with van der Waals surface area (Å²) in [5.41, 5.74) is 0.774. The highest BCUT2D eigenvalue weighted by molar-refractivity contribution is 7.89. The molecule has 1 fully saturated rings. The van der Waals surface area contributed by atoms with E-state index in [1.165, 1.54) is 16.4 Å². The van der Waals surface area contributed by atoms with Gasteiger partial charge in [0.05, 0.1) is 17.2 Å². The number of hydrogen-bond acceptors (Lipinski definition) is 4. The van der Waals surface area contributed by atoms with E-state index < -0.39 is 15.8 Å². The molecule has 150 valence electrons. The maximum absolute atomic E-state index is 13.1. The number of sulfonamides is 1. The Morgan fingerprint density at radius 3 is 2.39 bits per heavy atom. The molecule has 0 spiro atoms. The molecule has 0 aromatic heterocycles. The van der Waals surface area contributed by atoms with Gasteiger partial charge in [0.25, 0.3) is 0 Å². The topological polar surface area (TPSA) is 61.9 Å².